The van der Waals surface area contributed by atoms with Crippen molar-refractivity contribution in [3.63, 3.8) is 0 Å². The number of ether oxygens (including phenoxy) is 1. The molecule has 0 radical (unpaired) electrons. The topological polar surface area (TPSA) is 108 Å². The predicted molar refractivity (Wildman–Crippen MR) is 66.6 cm³/mol. The molecule has 0 aliphatic heterocycles. The second kappa shape index (κ2) is 8.06. The Kier molecular flexibility index (Phi) is 6.34. The molecule has 0 aliphatic rings. The van der Waals surface area contributed by atoms with Crippen LogP contribution in [0, 0.1) is 0 Å². The number of amides is 1. The minimum absolute atomic E-state index is 0.0554. The maximum Gasteiger partial charge on any atom is 0.306 e. The van der Waals surface area contributed by atoms with Gasteiger partial charge in [0.25, 0.3) is 0 Å². The van der Waals surface area contributed by atoms with Crippen LogP contribution in [-0.4, -0.2) is 35.0 Å². The lowest BCUT2D eigenvalue weighted by molar-refractivity contribution is -0.157. The van der Waals surface area contributed by atoms with E-state index in [-0.39, 0.29) is 18.7 Å². The molecule has 19 heavy (non-hydrogen) atoms. The summed E-state index contributed by atoms with van der Waals surface area (Å²) in [5, 5.41) is 17.0. The van der Waals surface area contributed by atoms with E-state index in [9.17, 15) is 9.59 Å². The maximum atomic E-state index is 11.4. The molecule has 0 unspecified atom stereocenters. The summed E-state index contributed by atoms with van der Waals surface area (Å²) < 4.78 is 4.48. The molecular formula is C12H16N2O5. The average Bonchev–Trinajstić information content (AvgIpc) is 2.41. The van der Waals surface area contributed by atoms with Gasteiger partial charge in [-0.2, -0.15) is 0 Å². The van der Waals surface area contributed by atoms with Gasteiger partial charge in [-0.1, -0.05) is 18.2 Å². The molecule has 0 aliphatic carbocycles. The summed E-state index contributed by atoms with van der Waals surface area (Å²) in [5.74, 6) is -1.03. The van der Waals surface area contributed by atoms with Gasteiger partial charge in [0.1, 0.15) is 6.61 Å². The number of carbonyl (C=O) groups excluding carboxylic acids is 2. The normalized spacial score (nSPS) is 10.1. The van der Waals surface area contributed by atoms with Gasteiger partial charge < -0.3 is 14.9 Å². The first-order chi connectivity index (χ1) is 9.08. The van der Waals surface area contributed by atoms with Crippen molar-refractivity contribution in [2.75, 3.05) is 12.0 Å². The minimum Gasteiger partial charge on any atom is -0.460 e. The van der Waals surface area contributed by atoms with Crippen molar-refractivity contribution in [1.29, 1.82) is 0 Å². The molecule has 104 valence electrons. The molecule has 7 nitrogen and oxygen atoms in total. The number of aliphatic hydroxyl groups excluding tert-OH is 1. The van der Waals surface area contributed by atoms with Crippen LogP contribution in [0.2, 0.25) is 0 Å². The second-order valence-electron chi connectivity index (χ2n) is 3.70. The lowest BCUT2D eigenvalue weighted by Crippen LogP contribution is -2.29. The summed E-state index contributed by atoms with van der Waals surface area (Å²) in [6, 6.07) is 9.02. The molecule has 7 heteroatoms. The molecule has 0 spiro atoms. The van der Waals surface area contributed by atoms with E-state index >= 15 is 0 Å². The van der Waals surface area contributed by atoms with Crippen LogP contribution in [0.5, 0.6) is 0 Å². The van der Waals surface area contributed by atoms with E-state index < -0.39 is 18.9 Å². The first kappa shape index (κ1) is 14.9. The number of aliphatic hydroxyl groups is 2. The zero-order valence-corrected chi connectivity index (χ0v) is 10.2. The smallest absolute Gasteiger partial charge is 0.306 e. The number of rotatable bonds is 7. The van der Waals surface area contributed by atoms with Gasteiger partial charge in [-0.3, -0.25) is 20.4 Å². The Morgan fingerprint density at radius 3 is 2.47 bits per heavy atom. The van der Waals surface area contributed by atoms with E-state index in [2.05, 4.69) is 15.6 Å². The van der Waals surface area contributed by atoms with Crippen LogP contribution in [0.25, 0.3) is 0 Å². The van der Waals surface area contributed by atoms with E-state index in [4.69, 9.17) is 10.2 Å². The molecule has 1 rings (SSSR count). The molecule has 1 aromatic carbocycles. The van der Waals surface area contributed by atoms with E-state index in [0.717, 1.165) is 5.69 Å². The number of nitrogens with one attached hydrogen (secondary N) is 2. The Labute approximate surface area is 110 Å². The highest BCUT2D eigenvalue weighted by Gasteiger charge is 2.09. The summed E-state index contributed by atoms with van der Waals surface area (Å²) in [6.07, 6.45) is -1.88. The fourth-order valence-electron chi connectivity index (χ4n) is 1.18. The van der Waals surface area contributed by atoms with Crippen molar-refractivity contribution in [3.05, 3.63) is 30.3 Å². The maximum absolute atomic E-state index is 11.4. The van der Waals surface area contributed by atoms with Crippen molar-refractivity contribution >= 4 is 17.6 Å². The zero-order chi connectivity index (χ0) is 14.1. The van der Waals surface area contributed by atoms with Gasteiger partial charge >= 0.3 is 5.97 Å². The van der Waals surface area contributed by atoms with E-state index in [1.165, 1.54) is 0 Å². The van der Waals surface area contributed by atoms with Crippen LogP contribution in [0.3, 0.4) is 0 Å². The van der Waals surface area contributed by atoms with E-state index in [1.54, 1.807) is 12.1 Å². The molecule has 0 heterocycles. The standard InChI is InChI=1S/C12H16N2O5/c15-10(6-7-12(18)19-8-11(16)17)14-13-9-4-2-1-3-5-9/h1-5,11,13,16-17H,6-8H2,(H,14,15). The third-order valence-electron chi connectivity index (χ3n) is 2.07. The van der Waals surface area contributed by atoms with Crippen LogP contribution >= 0.6 is 0 Å². The minimum atomic E-state index is -1.70. The van der Waals surface area contributed by atoms with Crippen molar-refractivity contribution in [2.24, 2.45) is 0 Å². The molecule has 4 N–H and O–H groups in total. The molecule has 0 atom stereocenters. The van der Waals surface area contributed by atoms with Crippen LogP contribution in [0.1, 0.15) is 12.8 Å². The lowest BCUT2D eigenvalue weighted by Gasteiger charge is -2.08. The highest BCUT2D eigenvalue weighted by molar-refractivity contribution is 5.82. The number of esters is 1. The average molecular weight is 268 g/mol. The highest BCUT2D eigenvalue weighted by Crippen LogP contribution is 2.02. The fourth-order valence-corrected chi connectivity index (χ4v) is 1.18. The Morgan fingerprint density at radius 2 is 1.84 bits per heavy atom. The quantitative estimate of drug-likeness (QED) is 0.309. The van der Waals surface area contributed by atoms with Crippen LogP contribution in [0.15, 0.2) is 30.3 Å². The number of benzene rings is 1. The third kappa shape index (κ3) is 7.02. The van der Waals surface area contributed by atoms with E-state index in [1.807, 2.05) is 18.2 Å². The van der Waals surface area contributed by atoms with Crippen molar-refractivity contribution < 1.29 is 24.5 Å². The Bertz CT molecular complexity index is 408. The van der Waals surface area contributed by atoms with E-state index in [0.29, 0.717) is 0 Å². The molecule has 0 saturated carbocycles. The van der Waals surface area contributed by atoms with Gasteiger partial charge in [0.15, 0.2) is 6.29 Å². The molecular weight excluding hydrogens is 252 g/mol. The Hall–Kier alpha value is -2.12. The first-order valence-corrected chi connectivity index (χ1v) is 5.69. The number of hydrazine groups is 1. The van der Waals surface area contributed by atoms with Crippen LogP contribution in [-0.2, 0) is 14.3 Å². The van der Waals surface area contributed by atoms with Gasteiger partial charge in [0.05, 0.1) is 12.1 Å². The van der Waals surface area contributed by atoms with Crippen molar-refractivity contribution in [2.45, 2.75) is 19.1 Å². The highest BCUT2D eigenvalue weighted by atomic mass is 16.6. The van der Waals surface area contributed by atoms with Crippen LogP contribution < -0.4 is 10.9 Å². The monoisotopic (exact) mass is 268 g/mol. The number of carbonyl (C=O) groups is 2. The third-order valence-corrected chi connectivity index (χ3v) is 2.07. The molecule has 0 bridgehead atoms. The first-order valence-electron chi connectivity index (χ1n) is 5.69. The summed E-state index contributed by atoms with van der Waals surface area (Å²) >= 11 is 0. The molecule has 1 aromatic rings. The summed E-state index contributed by atoms with van der Waals surface area (Å²) in [4.78, 5) is 22.5. The zero-order valence-electron chi connectivity index (χ0n) is 10.2. The summed E-state index contributed by atoms with van der Waals surface area (Å²) in [5.41, 5.74) is 5.83. The number of para-hydroxylation sites is 1. The molecule has 0 saturated heterocycles. The fraction of sp³-hybridized carbons (Fsp3) is 0.333. The SMILES string of the molecule is O=C(CCC(=O)OCC(O)O)NNc1ccccc1. The summed E-state index contributed by atoms with van der Waals surface area (Å²) in [7, 11) is 0. The van der Waals surface area contributed by atoms with Crippen molar-refractivity contribution in [1.82, 2.24) is 5.43 Å². The van der Waals surface area contributed by atoms with Crippen molar-refractivity contribution in [3.8, 4) is 0 Å². The second-order valence-corrected chi connectivity index (χ2v) is 3.70. The number of hydrogen-bond acceptors (Lipinski definition) is 6. The molecule has 0 fully saturated rings. The lowest BCUT2D eigenvalue weighted by atomic mass is 10.3. The molecule has 0 aromatic heterocycles. The van der Waals surface area contributed by atoms with Crippen LogP contribution in [0.4, 0.5) is 5.69 Å². The van der Waals surface area contributed by atoms with Gasteiger partial charge in [-0.15, -0.1) is 0 Å². The number of hydrogen-bond donors (Lipinski definition) is 4. The molecule has 1 amide bonds. The Morgan fingerprint density at radius 1 is 1.16 bits per heavy atom. The summed E-state index contributed by atoms with van der Waals surface area (Å²) in [6.45, 7) is -0.497. The van der Waals surface area contributed by atoms with Gasteiger partial charge in [0.2, 0.25) is 5.91 Å². The number of anilines is 1. The largest absolute Gasteiger partial charge is 0.460 e. The Balaban J connectivity index is 2.16. The van der Waals surface area contributed by atoms with Gasteiger partial charge in [-0.25, -0.2) is 0 Å². The van der Waals surface area contributed by atoms with Gasteiger partial charge in [0, 0.05) is 6.42 Å². The van der Waals surface area contributed by atoms with Gasteiger partial charge in [-0.05, 0) is 12.1 Å². The predicted octanol–water partition coefficient (Wildman–Crippen LogP) is -0.236.